The molecule has 0 saturated carbocycles. The van der Waals surface area contributed by atoms with Crippen molar-refractivity contribution in [1.82, 2.24) is 9.97 Å². The summed E-state index contributed by atoms with van der Waals surface area (Å²) in [6, 6.07) is 1.89. The fourth-order valence-corrected chi connectivity index (χ4v) is 1.77. The Hall–Kier alpha value is -1.62. The van der Waals surface area contributed by atoms with E-state index in [1.54, 1.807) is 23.7 Å². The largest absolute Gasteiger partial charge is 0.396 e. The van der Waals surface area contributed by atoms with Gasteiger partial charge < -0.3 is 11.1 Å². The molecule has 3 N–H and O–H groups in total. The number of nitrogens with one attached hydrogen (secondary N) is 1. The summed E-state index contributed by atoms with van der Waals surface area (Å²) in [6.45, 7) is 2.63. The molecule has 15 heavy (non-hydrogen) atoms. The van der Waals surface area contributed by atoms with Gasteiger partial charge in [0.05, 0.1) is 12.2 Å². The molecule has 0 aromatic carbocycles. The summed E-state index contributed by atoms with van der Waals surface area (Å²) < 4.78 is 0. The molecule has 2 aromatic heterocycles. The molecule has 0 saturated heterocycles. The van der Waals surface area contributed by atoms with Gasteiger partial charge in [-0.15, -0.1) is 11.3 Å². The van der Waals surface area contributed by atoms with Crippen LogP contribution in [0.3, 0.4) is 0 Å². The number of thiazole rings is 1. The van der Waals surface area contributed by atoms with E-state index in [0.717, 1.165) is 16.4 Å². The summed E-state index contributed by atoms with van der Waals surface area (Å²) in [4.78, 5) is 8.35. The molecule has 2 heterocycles. The number of anilines is 2. The van der Waals surface area contributed by atoms with Crippen LogP contribution in [0.1, 0.15) is 10.6 Å². The highest BCUT2D eigenvalue weighted by molar-refractivity contribution is 7.09. The average molecular weight is 220 g/mol. The van der Waals surface area contributed by atoms with Gasteiger partial charge >= 0.3 is 0 Å². The van der Waals surface area contributed by atoms with E-state index in [9.17, 15) is 0 Å². The van der Waals surface area contributed by atoms with Crippen LogP contribution in [-0.4, -0.2) is 9.97 Å². The van der Waals surface area contributed by atoms with Gasteiger partial charge in [0.25, 0.3) is 0 Å². The number of aromatic nitrogens is 2. The number of hydrogen-bond donors (Lipinski definition) is 2. The molecular weight excluding hydrogens is 208 g/mol. The van der Waals surface area contributed by atoms with Gasteiger partial charge in [0.2, 0.25) is 0 Å². The molecule has 5 heteroatoms. The van der Waals surface area contributed by atoms with Gasteiger partial charge in [-0.05, 0) is 18.6 Å². The fourth-order valence-electron chi connectivity index (χ4n) is 1.21. The third-order valence-electron chi connectivity index (χ3n) is 2.10. The van der Waals surface area contributed by atoms with Crippen LogP contribution in [0, 0.1) is 6.92 Å². The molecule has 0 unspecified atom stereocenters. The topological polar surface area (TPSA) is 63.8 Å². The van der Waals surface area contributed by atoms with Gasteiger partial charge in [0, 0.05) is 17.8 Å². The maximum atomic E-state index is 5.88. The zero-order valence-electron chi connectivity index (χ0n) is 8.40. The second kappa shape index (κ2) is 4.27. The lowest BCUT2D eigenvalue weighted by molar-refractivity contribution is 1.08. The van der Waals surface area contributed by atoms with Crippen molar-refractivity contribution in [2.24, 2.45) is 0 Å². The van der Waals surface area contributed by atoms with Crippen molar-refractivity contribution in [1.29, 1.82) is 0 Å². The first kappa shape index (κ1) is 9.92. The highest BCUT2D eigenvalue weighted by Crippen LogP contribution is 2.19. The van der Waals surface area contributed by atoms with Crippen LogP contribution < -0.4 is 11.1 Å². The summed E-state index contributed by atoms with van der Waals surface area (Å²) >= 11 is 1.61. The molecule has 0 bridgehead atoms. The van der Waals surface area contributed by atoms with Crippen molar-refractivity contribution < 1.29 is 0 Å². The van der Waals surface area contributed by atoms with Crippen LogP contribution in [0.4, 0.5) is 11.5 Å². The number of nitrogens with two attached hydrogens (primary N) is 1. The SMILES string of the molecule is Cc1ccnc(NCc2nccs2)c1N. The third-order valence-corrected chi connectivity index (χ3v) is 2.88. The molecule has 0 aliphatic rings. The van der Waals surface area contributed by atoms with Gasteiger partial charge in [-0.2, -0.15) is 0 Å². The van der Waals surface area contributed by atoms with Crippen molar-refractivity contribution in [2.45, 2.75) is 13.5 Å². The van der Waals surface area contributed by atoms with E-state index in [0.29, 0.717) is 12.2 Å². The van der Waals surface area contributed by atoms with E-state index in [4.69, 9.17) is 5.73 Å². The number of pyridine rings is 1. The minimum atomic E-state index is 0.665. The second-order valence-electron chi connectivity index (χ2n) is 3.17. The van der Waals surface area contributed by atoms with Crippen molar-refractivity contribution in [3.63, 3.8) is 0 Å². The highest BCUT2D eigenvalue weighted by Gasteiger charge is 2.03. The molecule has 4 nitrogen and oxygen atoms in total. The molecule has 0 radical (unpaired) electrons. The number of aryl methyl sites for hydroxylation is 1. The van der Waals surface area contributed by atoms with Gasteiger partial charge in [-0.1, -0.05) is 0 Å². The molecule has 0 amide bonds. The van der Waals surface area contributed by atoms with Gasteiger partial charge in [0.1, 0.15) is 10.8 Å². The predicted molar refractivity (Wildman–Crippen MR) is 62.8 cm³/mol. The Bertz CT molecular complexity index is 439. The van der Waals surface area contributed by atoms with Crippen molar-refractivity contribution in [3.8, 4) is 0 Å². The second-order valence-corrected chi connectivity index (χ2v) is 4.15. The molecule has 0 atom stereocenters. The number of nitrogen functional groups attached to an aromatic ring is 1. The number of hydrogen-bond acceptors (Lipinski definition) is 5. The summed E-state index contributed by atoms with van der Waals surface area (Å²) in [6.07, 6.45) is 3.53. The first-order chi connectivity index (χ1) is 7.27. The first-order valence-corrected chi connectivity index (χ1v) is 5.48. The highest BCUT2D eigenvalue weighted by atomic mass is 32.1. The Labute approximate surface area is 92.2 Å². The molecule has 0 aliphatic heterocycles. The van der Waals surface area contributed by atoms with Crippen LogP contribution in [0.15, 0.2) is 23.8 Å². The Morgan fingerprint density at radius 1 is 1.40 bits per heavy atom. The quantitative estimate of drug-likeness (QED) is 0.830. The maximum Gasteiger partial charge on any atom is 0.149 e. The molecule has 2 aromatic rings. The first-order valence-electron chi connectivity index (χ1n) is 4.60. The summed E-state index contributed by atoms with van der Waals surface area (Å²) in [5.74, 6) is 0.727. The van der Waals surface area contributed by atoms with E-state index in [2.05, 4.69) is 15.3 Å². The molecule has 0 spiro atoms. The van der Waals surface area contributed by atoms with Crippen LogP contribution in [0.2, 0.25) is 0 Å². The summed E-state index contributed by atoms with van der Waals surface area (Å²) in [5, 5.41) is 6.14. The van der Waals surface area contributed by atoms with E-state index in [1.807, 2.05) is 18.4 Å². The zero-order chi connectivity index (χ0) is 10.7. The lowest BCUT2D eigenvalue weighted by atomic mass is 10.2. The normalized spacial score (nSPS) is 10.2. The number of rotatable bonds is 3. The molecule has 78 valence electrons. The zero-order valence-corrected chi connectivity index (χ0v) is 9.21. The summed E-state index contributed by atoms with van der Waals surface area (Å²) in [7, 11) is 0. The van der Waals surface area contributed by atoms with Crippen LogP contribution in [0.5, 0.6) is 0 Å². The van der Waals surface area contributed by atoms with Crippen LogP contribution >= 0.6 is 11.3 Å². The van der Waals surface area contributed by atoms with E-state index < -0.39 is 0 Å². The van der Waals surface area contributed by atoms with Gasteiger partial charge in [-0.25, -0.2) is 9.97 Å². The van der Waals surface area contributed by atoms with Crippen molar-refractivity contribution in [2.75, 3.05) is 11.1 Å². The third kappa shape index (κ3) is 2.24. The maximum absolute atomic E-state index is 5.88. The molecular formula is C10H12N4S. The monoisotopic (exact) mass is 220 g/mol. The Morgan fingerprint density at radius 3 is 3.00 bits per heavy atom. The average Bonchev–Trinajstić information content (AvgIpc) is 2.73. The number of nitrogens with zero attached hydrogens (tertiary/aromatic N) is 2. The Balaban J connectivity index is 2.08. The smallest absolute Gasteiger partial charge is 0.149 e. The predicted octanol–water partition coefficient (Wildman–Crippen LogP) is 2.04. The Morgan fingerprint density at radius 2 is 2.27 bits per heavy atom. The van der Waals surface area contributed by atoms with Gasteiger partial charge in [-0.3, -0.25) is 0 Å². The molecule has 0 aliphatic carbocycles. The van der Waals surface area contributed by atoms with Crippen molar-refractivity contribution in [3.05, 3.63) is 34.4 Å². The summed E-state index contributed by atoms with van der Waals surface area (Å²) in [5.41, 5.74) is 7.62. The van der Waals surface area contributed by atoms with E-state index in [1.165, 1.54) is 0 Å². The van der Waals surface area contributed by atoms with Crippen LogP contribution in [-0.2, 0) is 6.54 Å². The Kier molecular flexibility index (Phi) is 2.82. The van der Waals surface area contributed by atoms with Crippen molar-refractivity contribution >= 4 is 22.8 Å². The minimum absolute atomic E-state index is 0.665. The standard InChI is InChI=1S/C10H12N4S/c1-7-2-3-13-10(9(7)11)14-6-8-12-4-5-15-8/h2-5H,6,11H2,1H3,(H,13,14). The van der Waals surface area contributed by atoms with E-state index >= 15 is 0 Å². The van der Waals surface area contributed by atoms with Gasteiger partial charge in [0.15, 0.2) is 0 Å². The van der Waals surface area contributed by atoms with Crippen LogP contribution in [0.25, 0.3) is 0 Å². The van der Waals surface area contributed by atoms with E-state index in [-0.39, 0.29) is 0 Å². The lowest BCUT2D eigenvalue weighted by Crippen LogP contribution is -2.05. The molecule has 0 fully saturated rings. The molecule has 2 rings (SSSR count). The fraction of sp³-hybridized carbons (Fsp3) is 0.200. The minimum Gasteiger partial charge on any atom is -0.396 e. The lowest BCUT2D eigenvalue weighted by Gasteiger charge is -2.08.